The molecule has 2 aromatic heterocycles. The summed E-state index contributed by atoms with van der Waals surface area (Å²) < 4.78 is 7.24. The molecule has 0 spiro atoms. The number of aromatic carboxylic acids is 1. The molecule has 7 nitrogen and oxygen atoms in total. The van der Waals surface area contributed by atoms with Crippen molar-refractivity contribution in [3.63, 3.8) is 0 Å². The third-order valence-electron chi connectivity index (χ3n) is 3.46. The summed E-state index contributed by atoms with van der Waals surface area (Å²) >= 11 is 1.46. The number of nitrogens with zero attached hydrogens (tertiary/aromatic N) is 4. The number of carbonyl (C=O) groups is 1. The maximum Gasteiger partial charge on any atom is 0.358 e. The first-order valence-electron chi connectivity index (χ1n) is 6.79. The van der Waals surface area contributed by atoms with Crippen molar-refractivity contribution in [2.24, 2.45) is 0 Å². The van der Waals surface area contributed by atoms with Gasteiger partial charge in [0, 0.05) is 6.61 Å². The zero-order chi connectivity index (χ0) is 15.0. The van der Waals surface area contributed by atoms with Crippen LogP contribution in [0.15, 0.2) is 0 Å². The summed E-state index contributed by atoms with van der Waals surface area (Å²) in [5.74, 6) is -1.07. The van der Waals surface area contributed by atoms with Gasteiger partial charge in [0.05, 0.1) is 28.2 Å². The number of carboxylic acids is 1. The molecular weight excluding hydrogens is 292 g/mol. The van der Waals surface area contributed by atoms with Crippen molar-refractivity contribution in [3.8, 4) is 10.6 Å². The summed E-state index contributed by atoms with van der Waals surface area (Å²) in [6, 6.07) is 0. The number of aromatic nitrogens is 4. The van der Waals surface area contributed by atoms with Gasteiger partial charge in [-0.3, -0.25) is 0 Å². The number of rotatable bonds is 4. The zero-order valence-corrected chi connectivity index (χ0v) is 12.7. The van der Waals surface area contributed by atoms with Gasteiger partial charge in [-0.2, -0.15) is 0 Å². The van der Waals surface area contributed by atoms with Crippen LogP contribution in [0.2, 0.25) is 0 Å². The molecule has 21 heavy (non-hydrogen) atoms. The number of thiazole rings is 1. The fourth-order valence-corrected chi connectivity index (χ4v) is 3.51. The van der Waals surface area contributed by atoms with E-state index in [9.17, 15) is 9.90 Å². The fourth-order valence-electron chi connectivity index (χ4n) is 2.54. The minimum atomic E-state index is -1.07. The quantitative estimate of drug-likeness (QED) is 0.927. The topological polar surface area (TPSA) is 90.1 Å². The van der Waals surface area contributed by atoms with Gasteiger partial charge in [-0.1, -0.05) is 5.21 Å². The summed E-state index contributed by atoms with van der Waals surface area (Å²) in [7, 11) is 0. The number of hydrogen-bond acceptors (Lipinski definition) is 6. The van der Waals surface area contributed by atoms with E-state index in [2.05, 4.69) is 15.3 Å². The standard InChI is InChI=1S/C13H16N4O3S/c1-7-12(21-8(2)14-7)11-10(13(18)19)15-16-17(11)6-9-4-3-5-20-9/h9H,3-6H2,1-2H3,(H,18,19). The van der Waals surface area contributed by atoms with Crippen LogP contribution in [0.25, 0.3) is 10.6 Å². The van der Waals surface area contributed by atoms with E-state index in [1.54, 1.807) is 4.68 Å². The highest BCUT2D eigenvalue weighted by Gasteiger charge is 2.26. The third kappa shape index (κ3) is 2.68. The molecule has 0 bridgehead atoms. The summed E-state index contributed by atoms with van der Waals surface area (Å²) in [4.78, 5) is 16.6. The van der Waals surface area contributed by atoms with Crippen LogP contribution in [0.4, 0.5) is 0 Å². The molecule has 0 saturated carbocycles. The first kappa shape index (κ1) is 14.2. The number of hydrogen-bond donors (Lipinski definition) is 1. The monoisotopic (exact) mass is 308 g/mol. The maximum absolute atomic E-state index is 11.4. The van der Waals surface area contributed by atoms with E-state index in [0.29, 0.717) is 12.2 Å². The highest BCUT2D eigenvalue weighted by Crippen LogP contribution is 2.32. The van der Waals surface area contributed by atoms with Crippen LogP contribution in [0, 0.1) is 13.8 Å². The molecular formula is C13H16N4O3S. The van der Waals surface area contributed by atoms with Gasteiger partial charge in [-0.25, -0.2) is 14.5 Å². The van der Waals surface area contributed by atoms with Crippen molar-refractivity contribution in [3.05, 3.63) is 16.4 Å². The minimum Gasteiger partial charge on any atom is -0.476 e. The van der Waals surface area contributed by atoms with E-state index >= 15 is 0 Å². The second-order valence-electron chi connectivity index (χ2n) is 5.06. The van der Waals surface area contributed by atoms with E-state index in [-0.39, 0.29) is 11.8 Å². The maximum atomic E-state index is 11.4. The van der Waals surface area contributed by atoms with Gasteiger partial charge in [0.1, 0.15) is 5.69 Å². The van der Waals surface area contributed by atoms with Gasteiger partial charge in [-0.15, -0.1) is 16.4 Å². The fraction of sp³-hybridized carbons (Fsp3) is 0.538. The SMILES string of the molecule is Cc1nc(C)c(-c2c(C(=O)O)nnn2CC2CCCO2)s1. The second-order valence-corrected chi connectivity index (χ2v) is 6.26. The number of aryl methyl sites for hydroxylation is 2. The van der Waals surface area contributed by atoms with Crippen LogP contribution in [-0.2, 0) is 11.3 Å². The molecule has 0 aliphatic carbocycles. The Labute approximate surface area is 125 Å². The normalized spacial score (nSPS) is 18.3. The summed E-state index contributed by atoms with van der Waals surface area (Å²) in [5.41, 5.74) is 1.30. The van der Waals surface area contributed by atoms with Crippen LogP contribution in [0.3, 0.4) is 0 Å². The molecule has 2 aromatic rings. The Balaban J connectivity index is 2.04. The van der Waals surface area contributed by atoms with Crippen molar-refractivity contribution < 1.29 is 14.6 Å². The minimum absolute atomic E-state index is 0.0280. The molecule has 1 atom stereocenters. The van der Waals surface area contributed by atoms with Crippen LogP contribution < -0.4 is 0 Å². The lowest BCUT2D eigenvalue weighted by Gasteiger charge is -2.11. The lowest BCUT2D eigenvalue weighted by atomic mass is 10.2. The summed E-state index contributed by atoms with van der Waals surface area (Å²) in [6.45, 7) is 5.04. The van der Waals surface area contributed by atoms with Crippen LogP contribution in [-0.4, -0.2) is 43.8 Å². The van der Waals surface area contributed by atoms with E-state index in [1.807, 2.05) is 13.8 Å². The first-order valence-corrected chi connectivity index (χ1v) is 7.60. The van der Waals surface area contributed by atoms with E-state index in [0.717, 1.165) is 35.0 Å². The highest BCUT2D eigenvalue weighted by molar-refractivity contribution is 7.15. The van der Waals surface area contributed by atoms with E-state index in [4.69, 9.17) is 4.74 Å². The largest absolute Gasteiger partial charge is 0.476 e. The molecule has 0 radical (unpaired) electrons. The van der Waals surface area contributed by atoms with Gasteiger partial charge in [0.15, 0.2) is 5.69 Å². The van der Waals surface area contributed by atoms with Gasteiger partial charge in [-0.05, 0) is 26.7 Å². The average molecular weight is 308 g/mol. The Morgan fingerprint density at radius 2 is 2.33 bits per heavy atom. The van der Waals surface area contributed by atoms with Crippen LogP contribution >= 0.6 is 11.3 Å². The molecule has 0 aromatic carbocycles. The van der Waals surface area contributed by atoms with E-state index < -0.39 is 5.97 Å². The van der Waals surface area contributed by atoms with Crippen molar-refractivity contribution in [1.29, 1.82) is 0 Å². The van der Waals surface area contributed by atoms with Crippen molar-refractivity contribution in [2.45, 2.75) is 39.3 Å². The average Bonchev–Trinajstić information content (AvgIpc) is 3.11. The summed E-state index contributed by atoms with van der Waals surface area (Å²) in [5, 5.41) is 18.1. The Morgan fingerprint density at radius 1 is 1.52 bits per heavy atom. The molecule has 1 unspecified atom stereocenters. The van der Waals surface area contributed by atoms with Crippen molar-refractivity contribution in [2.75, 3.05) is 6.61 Å². The molecule has 1 aliphatic heterocycles. The zero-order valence-electron chi connectivity index (χ0n) is 11.9. The summed E-state index contributed by atoms with van der Waals surface area (Å²) in [6.07, 6.45) is 2.06. The molecule has 3 heterocycles. The second kappa shape index (κ2) is 5.53. The Morgan fingerprint density at radius 3 is 2.90 bits per heavy atom. The lowest BCUT2D eigenvalue weighted by molar-refractivity contribution is 0.0691. The molecule has 3 rings (SSSR count). The van der Waals surface area contributed by atoms with Gasteiger partial charge in [0.2, 0.25) is 0 Å². The Kier molecular flexibility index (Phi) is 3.73. The van der Waals surface area contributed by atoms with Crippen LogP contribution in [0.5, 0.6) is 0 Å². The lowest BCUT2D eigenvalue weighted by Crippen LogP contribution is -2.17. The van der Waals surface area contributed by atoms with Gasteiger partial charge in [0.25, 0.3) is 0 Å². The van der Waals surface area contributed by atoms with Gasteiger partial charge >= 0.3 is 5.97 Å². The molecule has 112 valence electrons. The third-order valence-corrected chi connectivity index (χ3v) is 4.54. The van der Waals surface area contributed by atoms with Crippen molar-refractivity contribution >= 4 is 17.3 Å². The Bertz CT molecular complexity index is 673. The van der Waals surface area contributed by atoms with Crippen LogP contribution in [0.1, 0.15) is 34.0 Å². The van der Waals surface area contributed by atoms with Gasteiger partial charge < -0.3 is 9.84 Å². The first-order chi connectivity index (χ1) is 10.1. The predicted molar refractivity (Wildman–Crippen MR) is 76.5 cm³/mol. The number of ether oxygens (including phenoxy) is 1. The molecule has 0 amide bonds. The molecule has 1 saturated heterocycles. The molecule has 1 aliphatic rings. The highest BCUT2D eigenvalue weighted by atomic mass is 32.1. The molecule has 1 N–H and O–H groups in total. The van der Waals surface area contributed by atoms with E-state index in [1.165, 1.54) is 11.3 Å². The Hall–Kier alpha value is -1.80. The predicted octanol–water partition coefficient (Wildman–Crippen LogP) is 1.90. The smallest absolute Gasteiger partial charge is 0.358 e. The molecule has 8 heteroatoms. The molecule has 1 fully saturated rings. The van der Waals surface area contributed by atoms with Crippen molar-refractivity contribution in [1.82, 2.24) is 20.0 Å². The number of carboxylic acid groups (broad SMARTS) is 1.